The Hall–Kier alpha value is -1.40. The van der Waals surface area contributed by atoms with Crippen LogP contribution in [0, 0.1) is 0 Å². The highest BCUT2D eigenvalue weighted by molar-refractivity contribution is 5.73. The van der Waals surface area contributed by atoms with Gasteiger partial charge in [0.25, 0.3) is 0 Å². The van der Waals surface area contributed by atoms with Crippen LogP contribution < -0.4 is 0 Å². The third-order valence-electron chi connectivity index (χ3n) is 3.31. The second kappa shape index (κ2) is 4.85. The molecule has 6 heteroatoms. The van der Waals surface area contributed by atoms with Gasteiger partial charge in [0.2, 0.25) is 0 Å². The molecule has 17 heavy (non-hydrogen) atoms. The quantitative estimate of drug-likeness (QED) is 0.771. The van der Waals surface area contributed by atoms with E-state index in [1.165, 1.54) is 0 Å². The average molecular weight is 239 g/mol. The summed E-state index contributed by atoms with van der Waals surface area (Å²) in [4.78, 5) is 16.8. The molecule has 0 radical (unpaired) electrons. The summed E-state index contributed by atoms with van der Waals surface area (Å²) in [5.74, 6) is -0.828. The molecule has 2 rings (SSSR count). The predicted octanol–water partition coefficient (Wildman–Crippen LogP) is -0.0361. The SMILES string of the molecule is CC[C@H](C(=O)O)N1C[C@@H](O)[C@@H](n2ccnc2)C1. The summed E-state index contributed by atoms with van der Waals surface area (Å²) in [6.45, 7) is 2.78. The van der Waals surface area contributed by atoms with Crippen molar-refractivity contribution >= 4 is 5.97 Å². The van der Waals surface area contributed by atoms with Gasteiger partial charge in [0.15, 0.2) is 0 Å². The number of aliphatic hydroxyl groups excluding tert-OH is 1. The van der Waals surface area contributed by atoms with Crippen molar-refractivity contribution in [2.24, 2.45) is 0 Å². The molecule has 1 aliphatic rings. The van der Waals surface area contributed by atoms with E-state index in [-0.39, 0.29) is 6.04 Å². The summed E-state index contributed by atoms with van der Waals surface area (Å²) in [5, 5.41) is 19.1. The first-order valence-corrected chi connectivity index (χ1v) is 5.75. The van der Waals surface area contributed by atoms with E-state index in [0.29, 0.717) is 19.5 Å². The van der Waals surface area contributed by atoms with Crippen LogP contribution in [0.4, 0.5) is 0 Å². The molecule has 0 bridgehead atoms. The molecule has 1 aromatic rings. The van der Waals surface area contributed by atoms with Crippen molar-refractivity contribution < 1.29 is 15.0 Å². The maximum atomic E-state index is 11.1. The van der Waals surface area contributed by atoms with E-state index in [4.69, 9.17) is 5.11 Å². The number of imidazole rings is 1. The minimum Gasteiger partial charge on any atom is -0.480 e. The van der Waals surface area contributed by atoms with Crippen molar-refractivity contribution in [1.29, 1.82) is 0 Å². The van der Waals surface area contributed by atoms with Gasteiger partial charge in [-0.2, -0.15) is 0 Å². The zero-order valence-electron chi connectivity index (χ0n) is 9.73. The molecular formula is C11H17N3O3. The molecule has 94 valence electrons. The van der Waals surface area contributed by atoms with Crippen molar-refractivity contribution in [3.8, 4) is 0 Å². The normalized spacial score (nSPS) is 27.2. The lowest BCUT2D eigenvalue weighted by molar-refractivity contribution is -0.143. The van der Waals surface area contributed by atoms with Gasteiger partial charge in [-0.3, -0.25) is 9.69 Å². The lowest BCUT2D eigenvalue weighted by Crippen LogP contribution is -2.39. The van der Waals surface area contributed by atoms with Crippen LogP contribution in [-0.4, -0.2) is 55.9 Å². The van der Waals surface area contributed by atoms with Crippen LogP contribution in [0.1, 0.15) is 19.4 Å². The van der Waals surface area contributed by atoms with Gasteiger partial charge < -0.3 is 14.8 Å². The first-order valence-electron chi connectivity index (χ1n) is 5.75. The molecule has 2 heterocycles. The Morgan fingerprint density at radius 3 is 2.88 bits per heavy atom. The van der Waals surface area contributed by atoms with E-state index < -0.39 is 18.1 Å². The number of carboxylic acids is 1. The van der Waals surface area contributed by atoms with E-state index in [2.05, 4.69) is 4.98 Å². The Kier molecular flexibility index (Phi) is 3.44. The van der Waals surface area contributed by atoms with Crippen molar-refractivity contribution in [3.63, 3.8) is 0 Å². The van der Waals surface area contributed by atoms with E-state index in [9.17, 15) is 9.90 Å². The number of rotatable bonds is 4. The number of hydrogen-bond acceptors (Lipinski definition) is 4. The fraction of sp³-hybridized carbons (Fsp3) is 0.636. The Bertz CT molecular complexity index is 379. The second-order valence-corrected chi connectivity index (χ2v) is 4.36. The summed E-state index contributed by atoms with van der Waals surface area (Å²) in [5.41, 5.74) is 0. The van der Waals surface area contributed by atoms with Crippen LogP contribution >= 0.6 is 0 Å². The van der Waals surface area contributed by atoms with Crippen molar-refractivity contribution in [1.82, 2.24) is 14.5 Å². The van der Waals surface area contributed by atoms with Crippen molar-refractivity contribution in [3.05, 3.63) is 18.7 Å². The maximum absolute atomic E-state index is 11.1. The molecule has 0 spiro atoms. The molecule has 1 aliphatic heterocycles. The van der Waals surface area contributed by atoms with E-state index in [1.54, 1.807) is 18.7 Å². The lowest BCUT2D eigenvalue weighted by atomic mass is 10.2. The highest BCUT2D eigenvalue weighted by Gasteiger charge is 2.37. The Labute approximate surface area is 99.5 Å². The first kappa shape index (κ1) is 12.1. The number of aliphatic carboxylic acids is 1. The van der Waals surface area contributed by atoms with Gasteiger partial charge in [-0.1, -0.05) is 6.92 Å². The number of nitrogens with zero attached hydrogens (tertiary/aromatic N) is 3. The number of aromatic nitrogens is 2. The lowest BCUT2D eigenvalue weighted by Gasteiger charge is -2.22. The molecule has 0 amide bonds. The number of likely N-dealkylation sites (tertiary alicyclic amines) is 1. The Morgan fingerprint density at radius 2 is 2.35 bits per heavy atom. The topological polar surface area (TPSA) is 78.6 Å². The zero-order chi connectivity index (χ0) is 12.4. The van der Waals surface area contributed by atoms with Gasteiger partial charge >= 0.3 is 5.97 Å². The molecule has 0 saturated carbocycles. The van der Waals surface area contributed by atoms with Crippen LogP contribution in [0.5, 0.6) is 0 Å². The van der Waals surface area contributed by atoms with Crippen molar-refractivity contribution in [2.45, 2.75) is 31.5 Å². The molecule has 1 aromatic heterocycles. The van der Waals surface area contributed by atoms with Gasteiger partial charge in [-0.25, -0.2) is 4.98 Å². The van der Waals surface area contributed by atoms with E-state index >= 15 is 0 Å². The minimum absolute atomic E-state index is 0.106. The Balaban J connectivity index is 2.09. The second-order valence-electron chi connectivity index (χ2n) is 4.36. The third kappa shape index (κ3) is 2.32. The number of β-amino-alcohol motifs (C(OH)–C–C–N with tert-alkyl or cyclic N) is 1. The number of hydrogen-bond donors (Lipinski definition) is 2. The van der Waals surface area contributed by atoms with Crippen LogP contribution in [0.15, 0.2) is 18.7 Å². The van der Waals surface area contributed by atoms with Crippen LogP contribution in [0.25, 0.3) is 0 Å². The fourth-order valence-electron chi connectivity index (χ4n) is 2.40. The van der Waals surface area contributed by atoms with Crippen LogP contribution in [0.2, 0.25) is 0 Å². The third-order valence-corrected chi connectivity index (χ3v) is 3.31. The molecule has 3 atom stereocenters. The van der Waals surface area contributed by atoms with Gasteiger partial charge in [0, 0.05) is 25.5 Å². The summed E-state index contributed by atoms with van der Waals surface area (Å²) in [6.07, 6.45) is 5.10. The van der Waals surface area contributed by atoms with Gasteiger partial charge in [0.1, 0.15) is 6.04 Å². The van der Waals surface area contributed by atoms with E-state index in [1.807, 2.05) is 16.4 Å². The smallest absolute Gasteiger partial charge is 0.320 e. The fourth-order valence-corrected chi connectivity index (χ4v) is 2.40. The molecule has 1 fully saturated rings. The summed E-state index contributed by atoms with van der Waals surface area (Å²) in [6, 6.07) is -0.621. The van der Waals surface area contributed by atoms with Gasteiger partial charge in [0.05, 0.1) is 18.5 Å². The zero-order valence-corrected chi connectivity index (χ0v) is 9.73. The number of carboxylic acid groups (broad SMARTS) is 1. The Morgan fingerprint density at radius 1 is 1.59 bits per heavy atom. The summed E-state index contributed by atoms with van der Waals surface area (Å²) in [7, 11) is 0. The van der Waals surface area contributed by atoms with Gasteiger partial charge in [-0.05, 0) is 6.42 Å². The number of aliphatic hydroxyl groups is 1. The minimum atomic E-state index is -0.828. The van der Waals surface area contributed by atoms with Crippen LogP contribution in [-0.2, 0) is 4.79 Å². The van der Waals surface area contributed by atoms with Crippen molar-refractivity contribution in [2.75, 3.05) is 13.1 Å². The van der Waals surface area contributed by atoms with E-state index in [0.717, 1.165) is 0 Å². The molecule has 1 saturated heterocycles. The maximum Gasteiger partial charge on any atom is 0.320 e. The molecule has 0 unspecified atom stereocenters. The predicted molar refractivity (Wildman–Crippen MR) is 60.6 cm³/mol. The monoisotopic (exact) mass is 239 g/mol. The number of carbonyl (C=O) groups is 1. The largest absolute Gasteiger partial charge is 0.480 e. The molecule has 6 nitrogen and oxygen atoms in total. The first-order chi connectivity index (χ1) is 8.13. The summed E-state index contributed by atoms with van der Waals surface area (Å²) >= 11 is 0. The molecule has 2 N–H and O–H groups in total. The molecule has 0 aromatic carbocycles. The molecular weight excluding hydrogens is 222 g/mol. The average Bonchev–Trinajstić information content (AvgIpc) is 2.87. The standard InChI is InChI=1S/C11H17N3O3/c1-2-8(11(16)17)14-5-9(10(15)6-14)13-4-3-12-7-13/h3-4,7-10,15H,2,5-6H2,1H3,(H,16,17)/t8-,9+,10-/m1/s1. The van der Waals surface area contributed by atoms with Gasteiger partial charge in [-0.15, -0.1) is 0 Å². The highest BCUT2D eigenvalue weighted by Crippen LogP contribution is 2.24. The van der Waals surface area contributed by atoms with Crippen LogP contribution in [0.3, 0.4) is 0 Å². The highest BCUT2D eigenvalue weighted by atomic mass is 16.4. The summed E-state index contributed by atoms with van der Waals surface area (Å²) < 4.78 is 1.83. The molecule has 0 aliphatic carbocycles.